The number of rotatable bonds is 8. The molecule has 13 heavy (non-hydrogen) atoms. The Labute approximate surface area is 81.9 Å². The number of hydrogen-bond donors (Lipinski definition) is 0. The van der Waals surface area contributed by atoms with E-state index >= 15 is 0 Å². The molecule has 0 aromatic rings. The molecule has 1 nitrogen and oxygen atoms in total. The maximum absolute atomic E-state index is 11.3. The maximum atomic E-state index is 11.3. The third-order valence-electron chi connectivity index (χ3n) is 2.81. The van der Waals surface area contributed by atoms with E-state index in [0.717, 1.165) is 12.8 Å². The van der Waals surface area contributed by atoms with E-state index < -0.39 is 0 Å². The summed E-state index contributed by atoms with van der Waals surface area (Å²) in [6.45, 7) is 2.23. The SMILES string of the molecule is CCCCCCCCC(=O)C1CC1. The minimum Gasteiger partial charge on any atom is -0.299 e. The van der Waals surface area contributed by atoms with Crippen LogP contribution in [0.1, 0.15) is 64.7 Å². The lowest BCUT2D eigenvalue weighted by Gasteiger charge is -1.99. The largest absolute Gasteiger partial charge is 0.299 e. The van der Waals surface area contributed by atoms with Gasteiger partial charge in [0.15, 0.2) is 0 Å². The Morgan fingerprint density at radius 2 is 1.69 bits per heavy atom. The minimum absolute atomic E-state index is 0.482. The van der Waals surface area contributed by atoms with Crippen molar-refractivity contribution in [3.63, 3.8) is 0 Å². The van der Waals surface area contributed by atoms with Crippen molar-refractivity contribution >= 4 is 5.78 Å². The van der Waals surface area contributed by atoms with E-state index in [1.54, 1.807) is 0 Å². The topological polar surface area (TPSA) is 17.1 Å². The molecular formula is C12H22O. The second-order valence-corrected chi connectivity index (χ2v) is 4.26. The Morgan fingerprint density at radius 1 is 1.08 bits per heavy atom. The monoisotopic (exact) mass is 182 g/mol. The number of hydrogen-bond acceptors (Lipinski definition) is 1. The van der Waals surface area contributed by atoms with Gasteiger partial charge in [0.1, 0.15) is 5.78 Å². The molecule has 0 spiro atoms. The van der Waals surface area contributed by atoms with E-state index in [0.29, 0.717) is 11.7 Å². The number of carbonyl (C=O) groups excluding carboxylic acids is 1. The van der Waals surface area contributed by atoms with Crippen molar-refractivity contribution in [1.82, 2.24) is 0 Å². The fraction of sp³-hybridized carbons (Fsp3) is 0.917. The van der Waals surface area contributed by atoms with Gasteiger partial charge in [0.25, 0.3) is 0 Å². The molecule has 0 amide bonds. The second-order valence-electron chi connectivity index (χ2n) is 4.26. The van der Waals surface area contributed by atoms with E-state index in [2.05, 4.69) is 6.92 Å². The second kappa shape index (κ2) is 6.17. The van der Waals surface area contributed by atoms with Crippen LogP contribution in [-0.4, -0.2) is 5.78 Å². The van der Waals surface area contributed by atoms with Gasteiger partial charge in [0.2, 0.25) is 0 Å². The molecule has 0 aromatic heterocycles. The number of carbonyl (C=O) groups is 1. The van der Waals surface area contributed by atoms with Crippen molar-refractivity contribution in [3.8, 4) is 0 Å². The molecular weight excluding hydrogens is 160 g/mol. The number of ketones is 1. The van der Waals surface area contributed by atoms with Gasteiger partial charge in [0, 0.05) is 12.3 Å². The first-order valence-electron chi connectivity index (χ1n) is 5.87. The molecule has 1 fully saturated rings. The lowest BCUT2D eigenvalue weighted by Crippen LogP contribution is -1.99. The lowest BCUT2D eigenvalue weighted by atomic mass is 10.1. The summed E-state index contributed by atoms with van der Waals surface area (Å²) in [5.41, 5.74) is 0. The van der Waals surface area contributed by atoms with Crippen molar-refractivity contribution in [3.05, 3.63) is 0 Å². The highest BCUT2D eigenvalue weighted by Crippen LogP contribution is 2.31. The van der Waals surface area contributed by atoms with Crippen molar-refractivity contribution < 1.29 is 4.79 Å². The van der Waals surface area contributed by atoms with Crippen LogP contribution in [0.5, 0.6) is 0 Å². The Balaban J connectivity index is 1.80. The first-order chi connectivity index (χ1) is 6.34. The van der Waals surface area contributed by atoms with Crippen LogP contribution in [0.3, 0.4) is 0 Å². The average Bonchev–Trinajstić information content (AvgIpc) is 2.93. The highest BCUT2D eigenvalue weighted by atomic mass is 16.1. The van der Waals surface area contributed by atoms with E-state index in [9.17, 15) is 4.79 Å². The van der Waals surface area contributed by atoms with E-state index in [1.165, 1.54) is 44.9 Å². The number of Topliss-reactive ketones (excluding diaryl/α,β-unsaturated/α-hetero) is 1. The van der Waals surface area contributed by atoms with Crippen LogP contribution in [-0.2, 0) is 4.79 Å². The predicted molar refractivity (Wildman–Crippen MR) is 55.7 cm³/mol. The normalized spacial score (nSPS) is 16.1. The molecule has 0 radical (unpaired) electrons. The summed E-state index contributed by atoms with van der Waals surface area (Å²) in [6, 6.07) is 0. The summed E-state index contributed by atoms with van der Waals surface area (Å²) in [5.74, 6) is 1.02. The predicted octanol–water partition coefficient (Wildman–Crippen LogP) is 3.72. The van der Waals surface area contributed by atoms with Gasteiger partial charge in [-0.1, -0.05) is 39.0 Å². The zero-order valence-corrected chi connectivity index (χ0v) is 8.85. The zero-order valence-electron chi connectivity index (χ0n) is 8.85. The molecule has 1 heteroatoms. The first kappa shape index (κ1) is 10.7. The molecule has 1 saturated carbocycles. The molecule has 0 unspecified atom stereocenters. The third kappa shape index (κ3) is 5.07. The molecule has 0 saturated heterocycles. The average molecular weight is 182 g/mol. The van der Waals surface area contributed by atoms with Crippen LogP contribution in [0.15, 0.2) is 0 Å². The zero-order chi connectivity index (χ0) is 9.52. The quantitative estimate of drug-likeness (QED) is 0.523. The highest BCUT2D eigenvalue weighted by Gasteiger charge is 2.28. The molecule has 0 aromatic carbocycles. The van der Waals surface area contributed by atoms with Crippen molar-refractivity contribution in [2.24, 2.45) is 5.92 Å². The van der Waals surface area contributed by atoms with Crippen molar-refractivity contribution in [1.29, 1.82) is 0 Å². The van der Waals surface area contributed by atoms with Crippen molar-refractivity contribution in [2.75, 3.05) is 0 Å². The van der Waals surface area contributed by atoms with Crippen LogP contribution < -0.4 is 0 Å². The molecule has 1 aliphatic rings. The first-order valence-corrected chi connectivity index (χ1v) is 5.87. The van der Waals surface area contributed by atoms with Crippen LogP contribution in [0.4, 0.5) is 0 Å². The number of unbranched alkanes of at least 4 members (excludes halogenated alkanes) is 5. The summed E-state index contributed by atoms with van der Waals surface area (Å²) < 4.78 is 0. The van der Waals surface area contributed by atoms with Crippen molar-refractivity contribution in [2.45, 2.75) is 64.7 Å². The maximum Gasteiger partial charge on any atom is 0.135 e. The molecule has 0 atom stereocenters. The Hall–Kier alpha value is -0.330. The van der Waals surface area contributed by atoms with E-state index in [4.69, 9.17) is 0 Å². The standard InChI is InChI=1S/C12H22O/c1-2-3-4-5-6-7-8-12(13)11-9-10-11/h11H,2-10H2,1H3. The summed E-state index contributed by atoms with van der Waals surface area (Å²) in [4.78, 5) is 11.3. The van der Waals surface area contributed by atoms with Gasteiger partial charge in [-0.15, -0.1) is 0 Å². The molecule has 76 valence electrons. The molecule has 0 bridgehead atoms. The highest BCUT2D eigenvalue weighted by molar-refractivity contribution is 5.82. The van der Waals surface area contributed by atoms with Gasteiger partial charge in [-0.25, -0.2) is 0 Å². The Morgan fingerprint density at radius 3 is 2.31 bits per heavy atom. The van der Waals surface area contributed by atoms with Crippen LogP contribution in [0.25, 0.3) is 0 Å². The summed E-state index contributed by atoms with van der Waals surface area (Å²) in [7, 11) is 0. The molecule has 0 aliphatic heterocycles. The minimum atomic E-state index is 0.482. The van der Waals surface area contributed by atoms with E-state index in [1.807, 2.05) is 0 Å². The van der Waals surface area contributed by atoms with Gasteiger partial charge in [0.05, 0.1) is 0 Å². The summed E-state index contributed by atoms with van der Waals surface area (Å²) in [6.07, 6.45) is 11.0. The Bertz CT molecular complexity index is 147. The Kier molecular flexibility index (Phi) is 5.10. The molecule has 0 N–H and O–H groups in total. The fourth-order valence-corrected chi connectivity index (χ4v) is 1.69. The van der Waals surface area contributed by atoms with Gasteiger partial charge in [-0.2, -0.15) is 0 Å². The van der Waals surface area contributed by atoms with Crippen LogP contribution >= 0.6 is 0 Å². The molecule has 1 aliphatic carbocycles. The smallest absolute Gasteiger partial charge is 0.135 e. The molecule has 0 heterocycles. The third-order valence-corrected chi connectivity index (χ3v) is 2.81. The lowest BCUT2D eigenvalue weighted by molar-refractivity contribution is -0.120. The van der Waals surface area contributed by atoms with Gasteiger partial charge in [-0.3, -0.25) is 4.79 Å². The van der Waals surface area contributed by atoms with Crippen LogP contribution in [0, 0.1) is 5.92 Å². The molecule has 1 rings (SSSR count). The summed E-state index contributed by atoms with van der Waals surface area (Å²) >= 11 is 0. The van der Waals surface area contributed by atoms with Gasteiger partial charge in [-0.05, 0) is 19.3 Å². The van der Waals surface area contributed by atoms with E-state index in [-0.39, 0.29) is 0 Å². The van der Waals surface area contributed by atoms with Crippen LogP contribution in [0.2, 0.25) is 0 Å². The fourth-order valence-electron chi connectivity index (χ4n) is 1.69. The summed E-state index contributed by atoms with van der Waals surface area (Å²) in [5, 5.41) is 0. The van der Waals surface area contributed by atoms with Gasteiger partial charge < -0.3 is 0 Å². The van der Waals surface area contributed by atoms with Gasteiger partial charge >= 0.3 is 0 Å².